The van der Waals surface area contributed by atoms with Gasteiger partial charge in [-0.15, -0.1) is 0 Å². The largest absolute Gasteiger partial charge is 0.493 e. The summed E-state index contributed by atoms with van der Waals surface area (Å²) in [6.45, 7) is 2.32. The minimum atomic E-state index is -0.553. The Morgan fingerprint density at radius 3 is 2.67 bits per heavy atom. The topological polar surface area (TPSA) is 79.8 Å². The third kappa shape index (κ3) is 4.90. The van der Waals surface area contributed by atoms with Crippen molar-refractivity contribution in [2.75, 3.05) is 39.1 Å². The molecule has 3 aromatic rings. The van der Waals surface area contributed by atoms with E-state index in [1.807, 2.05) is 11.9 Å². The molecule has 1 atom stereocenters. The maximum Gasteiger partial charge on any atom is 0.239 e. The summed E-state index contributed by atoms with van der Waals surface area (Å²) < 4.78 is 26.4. The molecule has 0 bridgehead atoms. The van der Waals surface area contributed by atoms with Gasteiger partial charge >= 0.3 is 0 Å². The summed E-state index contributed by atoms with van der Waals surface area (Å²) in [5.74, 6) is 1.20. The van der Waals surface area contributed by atoms with Crippen LogP contribution in [0, 0.1) is 5.82 Å². The van der Waals surface area contributed by atoms with E-state index in [2.05, 4.69) is 20.2 Å². The maximum absolute atomic E-state index is 14.4. The molecule has 8 nitrogen and oxygen atoms in total. The average Bonchev–Trinajstić information content (AvgIpc) is 3.32. The van der Waals surface area contributed by atoms with Crippen molar-refractivity contribution >= 4 is 39.9 Å². The molecular weight excluding hydrogens is 485 g/mol. The van der Waals surface area contributed by atoms with Gasteiger partial charge in [-0.05, 0) is 44.6 Å². The van der Waals surface area contributed by atoms with E-state index in [9.17, 15) is 9.18 Å². The number of benzene rings is 2. The number of carbonyl (C=O) groups excluding carboxylic acids is 1. The van der Waals surface area contributed by atoms with Crippen molar-refractivity contribution in [2.24, 2.45) is 0 Å². The highest BCUT2D eigenvalue weighted by atomic mass is 35.5. The summed E-state index contributed by atoms with van der Waals surface area (Å²) >= 11 is 5.92. The van der Waals surface area contributed by atoms with Crippen LogP contribution in [-0.2, 0) is 4.79 Å². The second-order valence-corrected chi connectivity index (χ2v) is 9.66. The minimum Gasteiger partial charge on any atom is -0.493 e. The Labute approximate surface area is 214 Å². The molecule has 190 valence electrons. The van der Waals surface area contributed by atoms with Gasteiger partial charge in [0.15, 0.2) is 17.3 Å². The average molecular weight is 514 g/mol. The van der Waals surface area contributed by atoms with Crippen molar-refractivity contribution < 1.29 is 18.7 Å². The molecule has 0 saturated carbocycles. The van der Waals surface area contributed by atoms with Crippen molar-refractivity contribution in [1.29, 1.82) is 0 Å². The molecule has 2 aliphatic heterocycles. The van der Waals surface area contributed by atoms with Crippen LogP contribution in [0.5, 0.6) is 11.5 Å². The fourth-order valence-electron chi connectivity index (χ4n) is 4.95. The summed E-state index contributed by atoms with van der Waals surface area (Å²) in [4.78, 5) is 25.7. The number of halogens is 2. The van der Waals surface area contributed by atoms with E-state index in [0.717, 1.165) is 32.2 Å². The number of anilines is 2. The first-order valence-corrected chi connectivity index (χ1v) is 12.5. The lowest BCUT2D eigenvalue weighted by atomic mass is 10.1. The van der Waals surface area contributed by atoms with Crippen molar-refractivity contribution in [2.45, 2.75) is 37.8 Å². The summed E-state index contributed by atoms with van der Waals surface area (Å²) in [6, 6.07) is 8.33. The number of hydrogen-bond acceptors (Lipinski definition) is 7. The van der Waals surface area contributed by atoms with Gasteiger partial charge in [0.05, 0.1) is 29.4 Å². The lowest BCUT2D eigenvalue weighted by Crippen LogP contribution is -2.48. The van der Waals surface area contributed by atoms with E-state index in [4.69, 9.17) is 21.1 Å². The zero-order valence-corrected chi connectivity index (χ0v) is 21.1. The molecule has 0 aliphatic carbocycles. The quantitative estimate of drug-likeness (QED) is 0.514. The van der Waals surface area contributed by atoms with Crippen LogP contribution in [0.1, 0.15) is 25.7 Å². The third-order valence-electron chi connectivity index (χ3n) is 6.98. The number of fused-ring (bicyclic) bond motifs is 1. The molecule has 1 aromatic heterocycles. The van der Waals surface area contributed by atoms with E-state index in [1.54, 1.807) is 31.4 Å². The van der Waals surface area contributed by atoms with Crippen LogP contribution in [0.4, 0.5) is 15.9 Å². The smallest absolute Gasteiger partial charge is 0.239 e. The number of likely N-dealkylation sites (tertiary alicyclic amines) is 2. The summed E-state index contributed by atoms with van der Waals surface area (Å²) in [5, 5.41) is 3.68. The highest BCUT2D eigenvalue weighted by molar-refractivity contribution is 6.31. The van der Waals surface area contributed by atoms with E-state index >= 15 is 0 Å². The molecule has 10 heteroatoms. The van der Waals surface area contributed by atoms with Crippen LogP contribution in [0.2, 0.25) is 5.02 Å². The molecule has 1 amide bonds. The fraction of sp³-hybridized carbons (Fsp3) is 0.423. The first-order valence-electron chi connectivity index (χ1n) is 12.1. The Hall–Kier alpha value is -3.17. The van der Waals surface area contributed by atoms with Gasteiger partial charge in [0, 0.05) is 37.4 Å². The second-order valence-electron chi connectivity index (χ2n) is 9.25. The Bertz CT molecular complexity index is 1270. The van der Waals surface area contributed by atoms with Gasteiger partial charge in [-0.1, -0.05) is 17.7 Å². The molecule has 5 rings (SSSR count). The molecule has 2 fully saturated rings. The third-order valence-corrected chi connectivity index (χ3v) is 7.27. The Morgan fingerprint density at radius 2 is 1.94 bits per heavy atom. The van der Waals surface area contributed by atoms with Crippen LogP contribution < -0.4 is 14.8 Å². The van der Waals surface area contributed by atoms with Gasteiger partial charge in [0.2, 0.25) is 5.91 Å². The number of carbonyl (C=O) groups is 1. The molecule has 0 unspecified atom stereocenters. The molecule has 2 aliphatic rings. The van der Waals surface area contributed by atoms with Gasteiger partial charge in [-0.25, -0.2) is 14.4 Å². The van der Waals surface area contributed by atoms with Crippen molar-refractivity contribution in [1.82, 2.24) is 19.8 Å². The van der Waals surface area contributed by atoms with Crippen molar-refractivity contribution in [3.63, 3.8) is 0 Å². The van der Waals surface area contributed by atoms with Gasteiger partial charge in [0.1, 0.15) is 18.2 Å². The first kappa shape index (κ1) is 24.5. The van der Waals surface area contributed by atoms with Crippen molar-refractivity contribution in [3.05, 3.63) is 47.5 Å². The summed E-state index contributed by atoms with van der Waals surface area (Å²) in [5.41, 5.74) is 0.842. The molecule has 2 saturated heterocycles. The van der Waals surface area contributed by atoms with Gasteiger partial charge < -0.3 is 19.7 Å². The maximum atomic E-state index is 14.4. The number of nitrogens with zero attached hydrogens (tertiary/aromatic N) is 4. The molecule has 36 heavy (non-hydrogen) atoms. The lowest BCUT2D eigenvalue weighted by Gasteiger charge is -2.35. The summed E-state index contributed by atoms with van der Waals surface area (Å²) in [6.07, 6.45) is 4.86. The van der Waals surface area contributed by atoms with Crippen LogP contribution in [-0.4, -0.2) is 71.6 Å². The Kier molecular flexibility index (Phi) is 7.11. The van der Waals surface area contributed by atoms with Gasteiger partial charge in [0.25, 0.3) is 0 Å². The lowest BCUT2D eigenvalue weighted by molar-refractivity contribution is -0.137. The first-order chi connectivity index (χ1) is 17.4. The predicted molar refractivity (Wildman–Crippen MR) is 137 cm³/mol. The minimum absolute atomic E-state index is 0.00549. The number of rotatable bonds is 6. The number of nitrogens with one attached hydrogen (secondary N) is 1. The normalized spacial score (nSPS) is 19.0. The summed E-state index contributed by atoms with van der Waals surface area (Å²) in [7, 11) is 3.59. The zero-order chi connectivity index (χ0) is 25.2. The number of ether oxygens (including phenoxy) is 2. The molecule has 3 heterocycles. The Balaban J connectivity index is 1.31. The number of likely N-dealkylation sites (N-methyl/N-ethyl adjacent to an activating group) is 1. The standard InChI is InChI=1S/C26H29ClFN5O3/c1-32-10-4-7-21(32)26(34)33-11-8-16(9-12-33)36-23-14-20-17(13-22(23)35-2)25(30-15-29-20)31-19-6-3-5-18(27)24(19)28/h3,5-6,13-16,21H,4,7-12H2,1-2H3,(H,29,30,31)/t21-/m1/s1. The highest BCUT2D eigenvalue weighted by Gasteiger charge is 2.33. The molecule has 0 radical (unpaired) electrons. The SMILES string of the molecule is COc1cc2c(Nc3cccc(Cl)c3F)ncnc2cc1OC1CCN(C(=O)[C@H]2CCCN2C)CC1. The molecule has 2 aromatic carbocycles. The molecule has 0 spiro atoms. The Morgan fingerprint density at radius 1 is 1.14 bits per heavy atom. The predicted octanol–water partition coefficient (Wildman–Crippen LogP) is 4.64. The van der Waals surface area contributed by atoms with Crippen LogP contribution in [0.15, 0.2) is 36.7 Å². The van der Waals surface area contributed by atoms with Gasteiger partial charge in [-0.2, -0.15) is 0 Å². The van der Waals surface area contributed by atoms with Crippen LogP contribution in [0.25, 0.3) is 10.9 Å². The van der Waals surface area contributed by atoms with Gasteiger partial charge in [-0.3, -0.25) is 9.69 Å². The fourth-order valence-corrected chi connectivity index (χ4v) is 5.12. The van der Waals surface area contributed by atoms with E-state index in [-0.39, 0.29) is 28.8 Å². The van der Waals surface area contributed by atoms with Crippen molar-refractivity contribution in [3.8, 4) is 11.5 Å². The van der Waals surface area contributed by atoms with Crippen LogP contribution >= 0.6 is 11.6 Å². The van der Waals surface area contributed by atoms with Crippen LogP contribution in [0.3, 0.4) is 0 Å². The number of aromatic nitrogens is 2. The molecule has 1 N–H and O–H groups in total. The van der Waals surface area contributed by atoms with E-state index in [0.29, 0.717) is 41.3 Å². The van der Waals surface area contributed by atoms with E-state index in [1.165, 1.54) is 12.4 Å². The number of amides is 1. The highest BCUT2D eigenvalue weighted by Crippen LogP contribution is 2.37. The number of methoxy groups -OCH3 is 1. The zero-order valence-electron chi connectivity index (χ0n) is 20.3. The monoisotopic (exact) mass is 513 g/mol. The van der Waals surface area contributed by atoms with E-state index < -0.39 is 5.82 Å². The number of hydrogen-bond donors (Lipinski definition) is 1. The molecular formula is C26H29ClFN5O3. The second kappa shape index (κ2) is 10.4. The number of piperidine rings is 1.